The van der Waals surface area contributed by atoms with Gasteiger partial charge in [0, 0.05) is 12.8 Å². The van der Waals surface area contributed by atoms with Gasteiger partial charge in [-0.25, -0.2) is 4.18 Å². The van der Waals surface area contributed by atoms with Crippen molar-refractivity contribution in [1.82, 2.24) is 0 Å². The Bertz CT molecular complexity index is 704. The van der Waals surface area contributed by atoms with E-state index in [1.165, 1.54) is 0 Å². The number of aliphatic hydroxyl groups is 2. The fraction of sp³-hybridized carbons (Fsp3) is 0.579. The molecule has 0 saturated carbocycles. The Kier molecular flexibility index (Phi) is 12.1. The van der Waals surface area contributed by atoms with E-state index >= 15 is 0 Å². The largest absolute Gasteiger partial charge is 0.451 e. The molecular weight excluding hydrogens is 404 g/mol. The average molecular weight is 432 g/mol. The van der Waals surface area contributed by atoms with Crippen molar-refractivity contribution in [3.8, 4) is 5.75 Å². The third-order valence-corrected chi connectivity index (χ3v) is 4.61. The molecule has 2 N–H and O–H groups in total. The Morgan fingerprint density at radius 3 is 2.03 bits per heavy atom. The highest BCUT2D eigenvalue weighted by Gasteiger charge is 2.19. The zero-order valence-corrected chi connectivity index (χ0v) is 17.0. The van der Waals surface area contributed by atoms with Gasteiger partial charge in [-0.15, -0.1) is 0 Å². The van der Waals surface area contributed by atoms with Crippen LogP contribution in [0.5, 0.6) is 5.75 Å². The lowest BCUT2D eigenvalue weighted by Crippen LogP contribution is -2.24. The van der Waals surface area contributed by atoms with E-state index in [1.807, 2.05) is 6.07 Å². The number of para-hydroxylation sites is 1. The lowest BCUT2D eigenvalue weighted by atomic mass is 10.1. The third-order valence-electron chi connectivity index (χ3n) is 3.80. The van der Waals surface area contributed by atoms with Crippen molar-refractivity contribution in [3.05, 3.63) is 30.3 Å². The van der Waals surface area contributed by atoms with Gasteiger partial charge < -0.3 is 19.1 Å². The summed E-state index contributed by atoms with van der Waals surface area (Å²) in [4.78, 5) is 23.2. The number of benzene rings is 1. The predicted molar refractivity (Wildman–Crippen MR) is 103 cm³/mol. The summed E-state index contributed by atoms with van der Waals surface area (Å²) in [6.07, 6.45) is 3.35. The zero-order valence-electron chi connectivity index (χ0n) is 16.2. The van der Waals surface area contributed by atoms with Crippen LogP contribution in [0, 0.1) is 0 Å². The first-order valence-corrected chi connectivity index (χ1v) is 10.8. The average Bonchev–Trinajstić information content (AvgIpc) is 2.68. The summed E-state index contributed by atoms with van der Waals surface area (Å²) in [6, 6.07) is 8.87. The molecule has 0 aliphatic carbocycles. The third kappa shape index (κ3) is 12.9. The molecule has 1 aromatic rings. The fourth-order valence-electron chi connectivity index (χ4n) is 2.31. The van der Waals surface area contributed by atoms with Crippen molar-refractivity contribution in [1.29, 1.82) is 0 Å². The van der Waals surface area contributed by atoms with Gasteiger partial charge in [0.05, 0.1) is 13.2 Å². The lowest BCUT2D eigenvalue weighted by molar-refractivity contribution is -0.135. The Balaban J connectivity index is 2.02. The van der Waals surface area contributed by atoms with Gasteiger partial charge in [-0.3, -0.25) is 9.59 Å². The topological polar surface area (TPSA) is 136 Å². The molecule has 164 valence electrons. The van der Waals surface area contributed by atoms with Crippen molar-refractivity contribution in [2.24, 2.45) is 0 Å². The normalized spacial score (nSPS) is 12.3. The van der Waals surface area contributed by atoms with Crippen molar-refractivity contribution in [2.45, 2.75) is 57.5 Å². The summed E-state index contributed by atoms with van der Waals surface area (Å²) >= 11 is 0. The molecule has 0 amide bonds. The second-order valence-electron chi connectivity index (χ2n) is 6.39. The lowest BCUT2D eigenvalue weighted by Gasteiger charge is -2.08. The number of esters is 1. The van der Waals surface area contributed by atoms with E-state index in [-0.39, 0.29) is 12.4 Å². The van der Waals surface area contributed by atoms with Crippen LogP contribution in [0.1, 0.15) is 51.4 Å². The molecule has 1 aromatic carbocycles. The molecule has 0 heterocycles. The first-order chi connectivity index (χ1) is 13.8. The molecule has 0 fully saturated rings. The van der Waals surface area contributed by atoms with E-state index < -0.39 is 35.7 Å². The second kappa shape index (κ2) is 14.0. The Morgan fingerprint density at radius 2 is 1.45 bits per heavy atom. The number of unbranched alkanes of at least 4 members (excludes halogenated alkanes) is 5. The maximum Gasteiger partial charge on any atom is 0.451 e. The summed E-state index contributed by atoms with van der Waals surface area (Å²) in [5.41, 5.74) is 0. The zero-order chi connectivity index (χ0) is 21.5. The summed E-state index contributed by atoms with van der Waals surface area (Å²) in [6.45, 7) is -1.36. The van der Waals surface area contributed by atoms with Crippen molar-refractivity contribution in [3.63, 3.8) is 0 Å². The van der Waals surface area contributed by atoms with Crippen LogP contribution < -0.4 is 4.74 Å². The minimum Gasteiger partial charge on any atom is -0.427 e. The standard InChI is InChI=1S/C19H28O9S/c20-14-16(21)15-26-29(24,25)28-19(23)13-9-4-2-1-3-8-12-18(22)27-17-10-6-5-7-11-17/h5-7,10-11,16,20-21H,1-4,8-9,12-15H2. The number of aliphatic hydroxyl groups excluding tert-OH is 2. The summed E-state index contributed by atoms with van der Waals surface area (Å²) in [5, 5.41) is 17.6. The van der Waals surface area contributed by atoms with Gasteiger partial charge in [-0.05, 0) is 25.0 Å². The molecule has 1 unspecified atom stereocenters. The minimum atomic E-state index is -4.54. The molecule has 29 heavy (non-hydrogen) atoms. The highest BCUT2D eigenvalue weighted by molar-refractivity contribution is 7.82. The number of carbonyl (C=O) groups is 2. The molecule has 0 radical (unpaired) electrons. The number of rotatable bonds is 15. The first kappa shape index (κ1) is 25.0. The van der Waals surface area contributed by atoms with Gasteiger partial charge in [-0.1, -0.05) is 43.9 Å². The first-order valence-electron chi connectivity index (χ1n) is 9.48. The van der Waals surface area contributed by atoms with Gasteiger partial charge in [-0.2, -0.15) is 8.42 Å². The van der Waals surface area contributed by atoms with Crippen LogP contribution in [0.4, 0.5) is 0 Å². The number of hydrogen-bond acceptors (Lipinski definition) is 9. The minimum absolute atomic E-state index is 0.0749. The molecule has 1 atom stereocenters. The number of ether oxygens (including phenoxy) is 1. The summed E-state index contributed by atoms with van der Waals surface area (Å²) < 4.78 is 36.4. The van der Waals surface area contributed by atoms with Gasteiger partial charge in [0.2, 0.25) is 0 Å². The van der Waals surface area contributed by atoms with Crippen molar-refractivity contribution >= 4 is 22.3 Å². The quantitative estimate of drug-likeness (QED) is 0.242. The Hall–Kier alpha value is -2.01. The van der Waals surface area contributed by atoms with Crippen LogP contribution in [0.2, 0.25) is 0 Å². The van der Waals surface area contributed by atoms with Gasteiger partial charge in [0.15, 0.2) is 0 Å². The maximum absolute atomic E-state index is 11.7. The number of carbonyl (C=O) groups excluding carboxylic acids is 2. The molecule has 0 spiro atoms. The molecule has 0 aliphatic heterocycles. The van der Waals surface area contributed by atoms with Gasteiger partial charge in [0.1, 0.15) is 11.9 Å². The van der Waals surface area contributed by atoms with E-state index in [1.54, 1.807) is 24.3 Å². The van der Waals surface area contributed by atoms with Crippen LogP contribution in [0.15, 0.2) is 30.3 Å². The van der Waals surface area contributed by atoms with Crippen LogP contribution in [-0.4, -0.2) is 49.9 Å². The fourth-order valence-corrected chi connectivity index (χ4v) is 2.99. The molecule has 0 saturated heterocycles. The molecule has 0 aliphatic rings. The highest BCUT2D eigenvalue weighted by Crippen LogP contribution is 2.13. The van der Waals surface area contributed by atoms with E-state index in [0.717, 1.165) is 19.3 Å². The smallest absolute Gasteiger partial charge is 0.427 e. The second-order valence-corrected chi connectivity index (χ2v) is 7.61. The van der Waals surface area contributed by atoms with E-state index in [9.17, 15) is 18.0 Å². The SMILES string of the molecule is O=C(CCCCCCCCC(=O)OS(=O)(=O)OCC(O)CO)Oc1ccccc1. The van der Waals surface area contributed by atoms with Crippen LogP contribution in [0.25, 0.3) is 0 Å². The van der Waals surface area contributed by atoms with E-state index in [0.29, 0.717) is 31.4 Å². The van der Waals surface area contributed by atoms with Crippen LogP contribution in [0.3, 0.4) is 0 Å². The summed E-state index contributed by atoms with van der Waals surface area (Å²) in [7, 11) is -4.54. The monoisotopic (exact) mass is 432 g/mol. The van der Waals surface area contributed by atoms with E-state index in [2.05, 4.69) is 8.37 Å². The van der Waals surface area contributed by atoms with E-state index in [4.69, 9.17) is 14.9 Å². The van der Waals surface area contributed by atoms with Crippen LogP contribution >= 0.6 is 0 Å². The molecular formula is C19H28O9S. The molecule has 9 nitrogen and oxygen atoms in total. The van der Waals surface area contributed by atoms with Gasteiger partial charge >= 0.3 is 22.3 Å². The van der Waals surface area contributed by atoms with Gasteiger partial charge in [0.25, 0.3) is 0 Å². The Labute approximate surface area is 170 Å². The predicted octanol–water partition coefficient (Wildman–Crippen LogP) is 1.87. The Morgan fingerprint density at radius 1 is 0.897 bits per heavy atom. The van der Waals surface area contributed by atoms with Crippen molar-refractivity contribution in [2.75, 3.05) is 13.2 Å². The summed E-state index contributed by atoms with van der Waals surface area (Å²) in [5.74, 6) is -0.678. The molecule has 10 heteroatoms. The molecule has 1 rings (SSSR count). The highest BCUT2D eigenvalue weighted by atomic mass is 32.3. The molecule has 0 bridgehead atoms. The van der Waals surface area contributed by atoms with Crippen LogP contribution in [-0.2, 0) is 28.4 Å². The molecule has 0 aromatic heterocycles. The maximum atomic E-state index is 11.7. The van der Waals surface area contributed by atoms with Crippen molar-refractivity contribution < 1.29 is 41.3 Å². The number of hydrogen-bond donors (Lipinski definition) is 2.